The molecule has 2 heterocycles. The van der Waals surface area contributed by atoms with Gasteiger partial charge in [0.15, 0.2) is 0 Å². The third-order valence-electron chi connectivity index (χ3n) is 5.30. The number of carbonyl (C=O) groups is 1. The Labute approximate surface area is 169 Å². The van der Waals surface area contributed by atoms with Crippen molar-refractivity contribution in [1.82, 2.24) is 14.7 Å². The smallest absolute Gasteiger partial charge is 0.407 e. The molecule has 0 aliphatic carbocycles. The number of aliphatic hydroxyl groups excluding tert-OH is 1. The third kappa shape index (κ3) is 5.34. The fourth-order valence-corrected chi connectivity index (χ4v) is 4.01. The summed E-state index contributed by atoms with van der Waals surface area (Å²) in [4.78, 5) is 12.5. The molecule has 10 heteroatoms. The monoisotopic (exact) mass is 423 g/mol. The number of piperidine rings is 1. The van der Waals surface area contributed by atoms with E-state index in [1.165, 1.54) is 4.90 Å². The normalized spacial score (nSPS) is 17.8. The van der Waals surface area contributed by atoms with Gasteiger partial charge in [0, 0.05) is 24.7 Å². The summed E-state index contributed by atoms with van der Waals surface area (Å²) in [5.74, 6) is 0. The van der Waals surface area contributed by atoms with E-state index in [2.05, 4.69) is 5.10 Å². The van der Waals surface area contributed by atoms with Gasteiger partial charge >= 0.3 is 6.09 Å². The van der Waals surface area contributed by atoms with Gasteiger partial charge in [-0.2, -0.15) is 13.5 Å². The van der Waals surface area contributed by atoms with Crippen molar-refractivity contribution in [3.63, 3.8) is 0 Å². The second-order valence-electron chi connectivity index (χ2n) is 7.42. The van der Waals surface area contributed by atoms with Crippen LogP contribution in [-0.2, 0) is 20.8 Å². The SMILES string of the molecule is CS(=O)(=O)OCC1(C(O)c2ccn(Cc3ccccc3)n2)CCN(C(=O)O)CC1. The van der Waals surface area contributed by atoms with Crippen molar-refractivity contribution in [3.05, 3.63) is 53.9 Å². The number of likely N-dealkylation sites (tertiary alicyclic amines) is 1. The van der Waals surface area contributed by atoms with Crippen molar-refractivity contribution >= 4 is 16.2 Å². The summed E-state index contributed by atoms with van der Waals surface area (Å²) in [6, 6.07) is 11.4. The molecule has 2 N–H and O–H groups in total. The maximum atomic E-state index is 11.5. The Morgan fingerprint density at radius 3 is 2.48 bits per heavy atom. The fourth-order valence-electron chi connectivity index (χ4n) is 3.56. The van der Waals surface area contributed by atoms with Gasteiger partial charge in [0.25, 0.3) is 10.1 Å². The van der Waals surface area contributed by atoms with Gasteiger partial charge in [0.1, 0.15) is 6.10 Å². The van der Waals surface area contributed by atoms with Crippen LogP contribution in [0.4, 0.5) is 4.79 Å². The van der Waals surface area contributed by atoms with Gasteiger partial charge in [-0.1, -0.05) is 30.3 Å². The molecule has 158 valence electrons. The highest BCUT2D eigenvalue weighted by Crippen LogP contribution is 2.43. The zero-order chi connectivity index (χ0) is 21.1. The van der Waals surface area contributed by atoms with Crippen molar-refractivity contribution in [1.29, 1.82) is 0 Å². The molecule has 1 fully saturated rings. The molecule has 1 saturated heterocycles. The van der Waals surface area contributed by atoms with Gasteiger partial charge in [-0.3, -0.25) is 8.86 Å². The number of aliphatic hydroxyl groups is 1. The highest BCUT2D eigenvalue weighted by molar-refractivity contribution is 7.85. The van der Waals surface area contributed by atoms with Crippen LogP contribution in [0.2, 0.25) is 0 Å². The molecule has 9 nitrogen and oxygen atoms in total. The Bertz CT molecular complexity index is 936. The number of hydrogen-bond donors (Lipinski definition) is 2. The number of amides is 1. The minimum Gasteiger partial charge on any atom is -0.465 e. The van der Waals surface area contributed by atoms with Crippen molar-refractivity contribution in [3.8, 4) is 0 Å². The molecule has 1 atom stereocenters. The maximum absolute atomic E-state index is 11.5. The van der Waals surface area contributed by atoms with Crippen LogP contribution in [0.1, 0.15) is 30.2 Å². The van der Waals surface area contributed by atoms with Crippen LogP contribution in [0, 0.1) is 5.41 Å². The fraction of sp³-hybridized carbons (Fsp3) is 0.474. The molecule has 1 aliphatic rings. The number of aromatic nitrogens is 2. The van der Waals surface area contributed by atoms with E-state index < -0.39 is 27.7 Å². The molecule has 1 unspecified atom stereocenters. The first-order valence-corrected chi connectivity index (χ1v) is 11.1. The third-order valence-corrected chi connectivity index (χ3v) is 5.85. The molecule has 0 spiro atoms. The molecule has 1 aromatic heterocycles. The van der Waals surface area contributed by atoms with Crippen molar-refractivity contribution in [2.24, 2.45) is 5.41 Å². The zero-order valence-electron chi connectivity index (χ0n) is 16.1. The van der Waals surface area contributed by atoms with Crippen molar-refractivity contribution in [2.75, 3.05) is 26.0 Å². The highest BCUT2D eigenvalue weighted by atomic mass is 32.2. The Balaban J connectivity index is 1.79. The van der Waals surface area contributed by atoms with E-state index in [1.807, 2.05) is 30.3 Å². The predicted molar refractivity (Wildman–Crippen MR) is 105 cm³/mol. The minimum atomic E-state index is -3.71. The first kappa shape index (κ1) is 21.3. The van der Waals surface area contributed by atoms with E-state index in [-0.39, 0.29) is 32.5 Å². The van der Waals surface area contributed by atoms with E-state index >= 15 is 0 Å². The quantitative estimate of drug-likeness (QED) is 0.650. The summed E-state index contributed by atoms with van der Waals surface area (Å²) >= 11 is 0. The highest BCUT2D eigenvalue weighted by Gasteiger charge is 2.44. The molecule has 0 radical (unpaired) electrons. The minimum absolute atomic E-state index is 0.185. The topological polar surface area (TPSA) is 122 Å². The number of nitrogens with zero attached hydrogens (tertiary/aromatic N) is 3. The Morgan fingerprint density at radius 2 is 1.90 bits per heavy atom. The molecule has 1 aromatic carbocycles. The van der Waals surface area contributed by atoms with Crippen LogP contribution in [0.3, 0.4) is 0 Å². The average molecular weight is 423 g/mol. The first-order chi connectivity index (χ1) is 13.7. The van der Waals surface area contributed by atoms with Crippen LogP contribution in [0.5, 0.6) is 0 Å². The largest absolute Gasteiger partial charge is 0.465 e. The van der Waals surface area contributed by atoms with E-state index in [4.69, 9.17) is 4.18 Å². The lowest BCUT2D eigenvalue weighted by Gasteiger charge is -2.42. The first-order valence-electron chi connectivity index (χ1n) is 9.26. The molecular formula is C19H25N3O6S. The Morgan fingerprint density at radius 1 is 1.24 bits per heavy atom. The Hall–Kier alpha value is -2.43. The molecule has 29 heavy (non-hydrogen) atoms. The number of carboxylic acid groups (broad SMARTS) is 1. The molecule has 2 aromatic rings. The second kappa shape index (κ2) is 8.52. The summed E-state index contributed by atoms with van der Waals surface area (Å²) in [5.41, 5.74) is 0.518. The molecule has 1 amide bonds. The van der Waals surface area contributed by atoms with Crippen LogP contribution < -0.4 is 0 Å². The molecule has 0 bridgehead atoms. The number of hydrogen-bond acceptors (Lipinski definition) is 6. The van der Waals surface area contributed by atoms with E-state index in [1.54, 1.807) is 16.9 Å². The zero-order valence-corrected chi connectivity index (χ0v) is 17.0. The van der Waals surface area contributed by atoms with Gasteiger partial charge in [0.2, 0.25) is 0 Å². The van der Waals surface area contributed by atoms with Gasteiger partial charge in [-0.05, 0) is 24.5 Å². The van der Waals surface area contributed by atoms with E-state index in [9.17, 15) is 23.4 Å². The van der Waals surface area contributed by atoms with Gasteiger partial charge in [-0.25, -0.2) is 4.79 Å². The van der Waals surface area contributed by atoms with Crippen molar-refractivity contribution < 1.29 is 27.6 Å². The number of rotatable bonds is 7. The van der Waals surface area contributed by atoms with Crippen LogP contribution in [0.15, 0.2) is 42.6 Å². The number of benzene rings is 1. The van der Waals surface area contributed by atoms with Crippen LogP contribution in [0.25, 0.3) is 0 Å². The van der Waals surface area contributed by atoms with Gasteiger partial charge in [0.05, 0.1) is 25.1 Å². The van der Waals surface area contributed by atoms with Gasteiger partial charge in [-0.15, -0.1) is 0 Å². The maximum Gasteiger partial charge on any atom is 0.407 e. The van der Waals surface area contributed by atoms with E-state index in [0.29, 0.717) is 12.2 Å². The summed E-state index contributed by atoms with van der Waals surface area (Å²) < 4.78 is 29.8. The van der Waals surface area contributed by atoms with E-state index in [0.717, 1.165) is 11.8 Å². The van der Waals surface area contributed by atoms with Gasteiger partial charge < -0.3 is 15.1 Å². The standard InChI is InChI=1S/C19H25N3O6S/c1-29(26,27)28-14-19(8-11-21(12-9-19)18(24)25)17(23)16-7-10-22(20-16)13-15-5-3-2-4-6-15/h2-7,10,17,23H,8-9,11-14H2,1H3,(H,24,25). The summed E-state index contributed by atoms with van der Waals surface area (Å²) in [6.07, 6.45) is 1.11. The second-order valence-corrected chi connectivity index (χ2v) is 9.07. The van der Waals surface area contributed by atoms with Crippen LogP contribution in [-0.4, -0.2) is 65.4 Å². The molecule has 0 saturated carbocycles. The summed E-state index contributed by atoms with van der Waals surface area (Å²) in [5, 5.41) is 24.7. The van der Waals surface area contributed by atoms with Crippen LogP contribution >= 0.6 is 0 Å². The molecular weight excluding hydrogens is 398 g/mol. The lowest BCUT2D eigenvalue weighted by Crippen LogP contribution is -2.47. The average Bonchev–Trinajstić information content (AvgIpc) is 3.14. The molecule has 3 rings (SSSR count). The van der Waals surface area contributed by atoms with Crippen molar-refractivity contribution in [2.45, 2.75) is 25.5 Å². The summed E-state index contributed by atoms with van der Waals surface area (Å²) in [7, 11) is -3.71. The lowest BCUT2D eigenvalue weighted by molar-refractivity contribution is -0.0512. The lowest BCUT2D eigenvalue weighted by atomic mass is 9.73. The molecule has 1 aliphatic heterocycles. The summed E-state index contributed by atoms with van der Waals surface area (Å²) in [6.45, 7) is 0.674. The Kier molecular flexibility index (Phi) is 6.25. The predicted octanol–water partition coefficient (Wildman–Crippen LogP) is 1.70.